The number of urea groups is 1. The Balaban J connectivity index is 1.55. The Hall–Kier alpha value is -1.21. The second-order valence-corrected chi connectivity index (χ2v) is 7.19. The highest BCUT2D eigenvalue weighted by Gasteiger charge is 2.30. The van der Waals surface area contributed by atoms with E-state index in [2.05, 4.69) is 27.8 Å². The van der Waals surface area contributed by atoms with Gasteiger partial charge in [-0.15, -0.1) is 10.2 Å². The summed E-state index contributed by atoms with van der Waals surface area (Å²) in [5.74, 6) is 0.419. The fourth-order valence-electron chi connectivity index (χ4n) is 3.08. The quantitative estimate of drug-likeness (QED) is 0.900. The number of nitrogens with one attached hydrogen (secondary N) is 2. The average Bonchev–Trinajstić information content (AvgIpc) is 3.09. The Kier molecular flexibility index (Phi) is 4.40. The molecule has 0 aromatic carbocycles. The van der Waals surface area contributed by atoms with Crippen LogP contribution in [0.25, 0.3) is 0 Å². The summed E-state index contributed by atoms with van der Waals surface area (Å²) in [5.41, 5.74) is -0.0711. The molecule has 1 aromatic rings. The minimum absolute atomic E-state index is 0.0711. The van der Waals surface area contributed by atoms with Crippen molar-refractivity contribution in [3.63, 3.8) is 0 Å². The fourth-order valence-corrected chi connectivity index (χ4v) is 3.98. The summed E-state index contributed by atoms with van der Waals surface area (Å²) in [6, 6.07) is -0.172. The number of carbonyl (C=O) groups is 1. The SMILES string of the molecule is CC1(NC(=O)Nc2nnc(C3CCOCC3)s2)CCCC1. The van der Waals surface area contributed by atoms with Crippen LogP contribution in [0.3, 0.4) is 0 Å². The molecule has 2 heterocycles. The number of hydrogen-bond acceptors (Lipinski definition) is 5. The first kappa shape index (κ1) is 14.7. The molecule has 7 heteroatoms. The Morgan fingerprint density at radius 1 is 1.29 bits per heavy atom. The maximum Gasteiger partial charge on any atom is 0.321 e. The molecule has 1 aliphatic heterocycles. The lowest BCUT2D eigenvalue weighted by atomic mass is 10.0. The van der Waals surface area contributed by atoms with E-state index in [1.54, 1.807) is 0 Å². The van der Waals surface area contributed by atoms with Gasteiger partial charge in [-0.2, -0.15) is 0 Å². The first-order valence-corrected chi connectivity index (χ1v) is 8.47. The lowest BCUT2D eigenvalue weighted by molar-refractivity contribution is 0.0851. The van der Waals surface area contributed by atoms with Crippen LogP contribution in [0.1, 0.15) is 56.4 Å². The van der Waals surface area contributed by atoms with Crippen molar-refractivity contribution >= 4 is 22.5 Å². The molecule has 2 amide bonds. The summed E-state index contributed by atoms with van der Waals surface area (Å²) in [7, 11) is 0. The van der Waals surface area contributed by atoms with E-state index in [1.165, 1.54) is 24.2 Å². The smallest absolute Gasteiger partial charge is 0.321 e. The first-order chi connectivity index (χ1) is 10.1. The number of hydrogen-bond donors (Lipinski definition) is 2. The van der Waals surface area contributed by atoms with Crippen molar-refractivity contribution in [1.29, 1.82) is 0 Å². The highest BCUT2D eigenvalue weighted by atomic mass is 32.1. The lowest BCUT2D eigenvalue weighted by Crippen LogP contribution is -2.45. The minimum Gasteiger partial charge on any atom is -0.381 e. The van der Waals surface area contributed by atoms with E-state index < -0.39 is 0 Å². The number of nitrogens with zero attached hydrogens (tertiary/aromatic N) is 2. The van der Waals surface area contributed by atoms with Crippen molar-refractivity contribution < 1.29 is 9.53 Å². The van der Waals surface area contributed by atoms with Crippen LogP contribution >= 0.6 is 11.3 Å². The second-order valence-electron chi connectivity index (χ2n) is 6.18. The van der Waals surface area contributed by atoms with Crippen molar-refractivity contribution in [3.05, 3.63) is 5.01 Å². The van der Waals surface area contributed by atoms with Crippen molar-refractivity contribution in [2.75, 3.05) is 18.5 Å². The molecule has 0 spiro atoms. The highest BCUT2D eigenvalue weighted by molar-refractivity contribution is 7.15. The van der Waals surface area contributed by atoms with Crippen LogP contribution in [-0.2, 0) is 4.74 Å². The van der Waals surface area contributed by atoms with Crippen molar-refractivity contribution in [3.8, 4) is 0 Å². The van der Waals surface area contributed by atoms with E-state index >= 15 is 0 Å². The summed E-state index contributed by atoms with van der Waals surface area (Å²) in [6.45, 7) is 3.67. The molecule has 0 radical (unpaired) electrons. The molecular weight excluding hydrogens is 288 g/mol. The van der Waals surface area contributed by atoms with Gasteiger partial charge in [-0.25, -0.2) is 4.79 Å². The molecule has 21 heavy (non-hydrogen) atoms. The van der Waals surface area contributed by atoms with Gasteiger partial charge in [0.05, 0.1) is 0 Å². The molecule has 2 aliphatic rings. The Bertz CT molecular complexity index is 493. The van der Waals surface area contributed by atoms with Gasteiger partial charge >= 0.3 is 6.03 Å². The minimum atomic E-state index is -0.172. The molecule has 2 N–H and O–H groups in total. The zero-order valence-electron chi connectivity index (χ0n) is 12.4. The van der Waals surface area contributed by atoms with Crippen molar-refractivity contribution in [2.24, 2.45) is 0 Å². The topological polar surface area (TPSA) is 76.1 Å². The van der Waals surface area contributed by atoms with E-state index in [9.17, 15) is 4.79 Å². The van der Waals surface area contributed by atoms with Crippen LogP contribution < -0.4 is 10.6 Å². The molecule has 1 aromatic heterocycles. The van der Waals surface area contributed by atoms with Crippen LogP contribution in [0.15, 0.2) is 0 Å². The molecule has 1 saturated heterocycles. The third kappa shape index (κ3) is 3.71. The van der Waals surface area contributed by atoms with Crippen LogP contribution in [0.4, 0.5) is 9.93 Å². The predicted molar refractivity (Wildman–Crippen MR) is 81.7 cm³/mol. The zero-order chi connectivity index (χ0) is 14.7. The number of carbonyl (C=O) groups excluding carboxylic acids is 1. The Morgan fingerprint density at radius 3 is 2.71 bits per heavy atom. The van der Waals surface area contributed by atoms with E-state index in [0.717, 1.165) is 43.9 Å². The largest absolute Gasteiger partial charge is 0.381 e. The molecule has 0 unspecified atom stereocenters. The van der Waals surface area contributed by atoms with Gasteiger partial charge in [-0.3, -0.25) is 5.32 Å². The maximum absolute atomic E-state index is 12.1. The van der Waals surface area contributed by atoms with Crippen LogP contribution in [0, 0.1) is 0 Å². The lowest BCUT2D eigenvalue weighted by Gasteiger charge is -2.24. The van der Waals surface area contributed by atoms with Gasteiger partial charge in [-0.05, 0) is 32.6 Å². The standard InChI is InChI=1S/C14H22N4O2S/c1-14(6-2-3-7-14)16-12(19)15-13-18-17-11(21-13)10-4-8-20-9-5-10/h10H,2-9H2,1H3,(H2,15,16,18,19). The van der Waals surface area contributed by atoms with Crippen molar-refractivity contribution in [2.45, 2.75) is 56.9 Å². The summed E-state index contributed by atoms with van der Waals surface area (Å²) in [6.07, 6.45) is 6.43. The molecule has 0 atom stereocenters. The third-order valence-corrected chi connectivity index (χ3v) is 5.36. The number of anilines is 1. The molecule has 1 saturated carbocycles. The summed E-state index contributed by atoms with van der Waals surface area (Å²) < 4.78 is 5.35. The van der Waals surface area contributed by atoms with Crippen molar-refractivity contribution in [1.82, 2.24) is 15.5 Å². The third-order valence-electron chi connectivity index (χ3n) is 4.35. The van der Waals surface area contributed by atoms with E-state index in [-0.39, 0.29) is 11.6 Å². The molecular formula is C14H22N4O2S. The van der Waals surface area contributed by atoms with E-state index in [1.807, 2.05) is 0 Å². The van der Waals surface area contributed by atoms with Gasteiger partial charge < -0.3 is 10.1 Å². The fraction of sp³-hybridized carbons (Fsp3) is 0.786. The molecule has 6 nitrogen and oxygen atoms in total. The van der Waals surface area contributed by atoms with Gasteiger partial charge in [0.2, 0.25) is 5.13 Å². The highest BCUT2D eigenvalue weighted by Crippen LogP contribution is 2.31. The number of rotatable bonds is 3. The van der Waals surface area contributed by atoms with Gasteiger partial charge in [0.25, 0.3) is 0 Å². The Morgan fingerprint density at radius 2 is 2.00 bits per heavy atom. The average molecular weight is 310 g/mol. The van der Waals surface area contributed by atoms with E-state index in [4.69, 9.17) is 4.74 Å². The number of aromatic nitrogens is 2. The number of amides is 2. The van der Waals surface area contributed by atoms with Gasteiger partial charge in [0, 0.05) is 24.7 Å². The summed E-state index contributed by atoms with van der Waals surface area (Å²) in [4.78, 5) is 12.1. The van der Waals surface area contributed by atoms with E-state index in [0.29, 0.717) is 11.0 Å². The number of ether oxygens (including phenoxy) is 1. The monoisotopic (exact) mass is 310 g/mol. The van der Waals surface area contributed by atoms with Gasteiger partial charge in [-0.1, -0.05) is 24.2 Å². The first-order valence-electron chi connectivity index (χ1n) is 7.65. The molecule has 3 rings (SSSR count). The zero-order valence-corrected chi connectivity index (χ0v) is 13.2. The van der Waals surface area contributed by atoms with Gasteiger partial charge in [0.15, 0.2) is 0 Å². The van der Waals surface area contributed by atoms with Crippen LogP contribution in [0.5, 0.6) is 0 Å². The van der Waals surface area contributed by atoms with Crippen LogP contribution in [0.2, 0.25) is 0 Å². The normalized spacial score (nSPS) is 22.1. The molecule has 2 fully saturated rings. The second kappa shape index (κ2) is 6.27. The Labute approximate surface area is 128 Å². The van der Waals surface area contributed by atoms with Gasteiger partial charge in [0.1, 0.15) is 5.01 Å². The van der Waals surface area contributed by atoms with Crippen LogP contribution in [-0.4, -0.2) is 35.0 Å². The maximum atomic E-state index is 12.1. The molecule has 1 aliphatic carbocycles. The molecule has 0 bridgehead atoms. The summed E-state index contributed by atoms with van der Waals surface area (Å²) in [5, 5.41) is 15.8. The molecule has 116 valence electrons. The summed E-state index contributed by atoms with van der Waals surface area (Å²) >= 11 is 1.47. The predicted octanol–water partition coefficient (Wildman–Crippen LogP) is 2.89.